The fourth-order valence-electron chi connectivity index (χ4n) is 4.29. The molecule has 2 aliphatic rings. The summed E-state index contributed by atoms with van der Waals surface area (Å²) in [6.07, 6.45) is 4.53. The van der Waals surface area contributed by atoms with E-state index >= 15 is 0 Å². The summed E-state index contributed by atoms with van der Waals surface area (Å²) in [4.78, 5) is 14.6. The van der Waals surface area contributed by atoms with Crippen molar-refractivity contribution >= 4 is 5.91 Å². The monoisotopic (exact) mass is 329 g/mol. The maximum atomic E-state index is 13.3. The molecule has 2 aliphatic heterocycles. The minimum atomic E-state index is -0.995. The number of benzene rings is 1. The predicted molar refractivity (Wildman–Crippen MR) is 85.6 cm³/mol. The average Bonchev–Trinajstić information content (AvgIpc) is 3.15. The molecule has 4 rings (SSSR count). The number of rotatable bonds is 3. The zero-order chi connectivity index (χ0) is 16.7. The second-order valence-electron chi connectivity index (χ2n) is 6.91. The number of halogens is 1. The number of hydrogen-bond acceptors (Lipinski definition) is 3. The van der Waals surface area contributed by atoms with Gasteiger partial charge >= 0.3 is 0 Å². The van der Waals surface area contributed by atoms with Crippen molar-refractivity contribution in [2.75, 3.05) is 0 Å². The average molecular weight is 329 g/mol. The van der Waals surface area contributed by atoms with Gasteiger partial charge in [-0.15, -0.1) is 0 Å². The summed E-state index contributed by atoms with van der Waals surface area (Å²) in [6.45, 7) is 0. The van der Waals surface area contributed by atoms with E-state index in [1.807, 2.05) is 4.90 Å². The van der Waals surface area contributed by atoms with E-state index in [0.29, 0.717) is 24.2 Å². The summed E-state index contributed by atoms with van der Waals surface area (Å²) >= 11 is 0. The normalized spacial score (nSPS) is 29.0. The first-order valence-corrected chi connectivity index (χ1v) is 8.37. The topological polar surface area (TPSA) is 53.7 Å². The Hall–Kier alpha value is -2.14. The molecule has 0 spiro atoms. The van der Waals surface area contributed by atoms with Gasteiger partial charge in [0.1, 0.15) is 17.2 Å². The van der Waals surface area contributed by atoms with Gasteiger partial charge in [-0.3, -0.25) is 4.79 Å². The Morgan fingerprint density at radius 1 is 1.25 bits per heavy atom. The predicted octanol–water partition coefficient (Wildman–Crippen LogP) is 3.00. The van der Waals surface area contributed by atoms with E-state index in [1.54, 1.807) is 30.5 Å². The summed E-state index contributed by atoms with van der Waals surface area (Å²) < 4.78 is 18.7. The number of piperidine rings is 1. The highest BCUT2D eigenvalue weighted by Gasteiger charge is 2.51. The van der Waals surface area contributed by atoms with Crippen molar-refractivity contribution in [1.82, 2.24) is 4.90 Å². The maximum Gasteiger partial charge on any atom is 0.227 e. The van der Waals surface area contributed by atoms with Crippen molar-refractivity contribution in [3.8, 4) is 0 Å². The van der Waals surface area contributed by atoms with Gasteiger partial charge in [-0.1, -0.05) is 12.1 Å². The number of carbonyl (C=O) groups is 1. The van der Waals surface area contributed by atoms with E-state index in [9.17, 15) is 14.3 Å². The number of hydrogen-bond donors (Lipinski definition) is 1. The molecule has 2 atom stereocenters. The molecule has 1 N–H and O–H groups in total. The lowest BCUT2D eigenvalue weighted by molar-refractivity contribution is -0.142. The molecule has 0 aliphatic carbocycles. The molecule has 1 aromatic carbocycles. The quantitative estimate of drug-likeness (QED) is 0.942. The van der Waals surface area contributed by atoms with Crippen LogP contribution in [-0.4, -0.2) is 28.0 Å². The van der Waals surface area contributed by atoms with E-state index in [-0.39, 0.29) is 30.2 Å². The van der Waals surface area contributed by atoms with Crippen LogP contribution in [-0.2, 0) is 16.8 Å². The zero-order valence-corrected chi connectivity index (χ0v) is 13.3. The van der Waals surface area contributed by atoms with Gasteiger partial charge in [0.25, 0.3) is 0 Å². The lowest BCUT2D eigenvalue weighted by Gasteiger charge is -2.43. The van der Waals surface area contributed by atoms with E-state index in [1.165, 1.54) is 12.1 Å². The molecule has 0 saturated carbocycles. The largest absolute Gasteiger partial charge is 0.466 e. The van der Waals surface area contributed by atoms with Crippen LogP contribution in [0.2, 0.25) is 0 Å². The third-order valence-corrected chi connectivity index (χ3v) is 5.28. The van der Waals surface area contributed by atoms with Crippen LogP contribution in [0.3, 0.4) is 0 Å². The van der Waals surface area contributed by atoms with E-state index in [4.69, 9.17) is 4.42 Å². The number of aliphatic hydroxyl groups is 1. The fourth-order valence-corrected chi connectivity index (χ4v) is 4.29. The number of fused-ring (bicyclic) bond motifs is 2. The molecular formula is C19H20FNO3. The van der Waals surface area contributed by atoms with Gasteiger partial charge in [-0.05, 0) is 42.7 Å². The highest BCUT2D eigenvalue weighted by Crippen LogP contribution is 2.46. The molecular weight excluding hydrogens is 309 g/mol. The smallest absolute Gasteiger partial charge is 0.227 e. The Morgan fingerprint density at radius 3 is 2.62 bits per heavy atom. The van der Waals surface area contributed by atoms with Crippen molar-refractivity contribution in [3.63, 3.8) is 0 Å². The van der Waals surface area contributed by atoms with Crippen molar-refractivity contribution in [1.29, 1.82) is 0 Å². The standard InChI is InChI=1S/C19H20FNO3/c20-14-4-1-3-13(9-14)10-18(22)21-15-6-7-16(21)12-19(23,11-15)17-5-2-8-24-17/h1-5,8-9,15-16,23H,6-7,10-12H2/t15-,16-/m1/s1. The molecule has 24 heavy (non-hydrogen) atoms. The molecule has 2 bridgehead atoms. The van der Waals surface area contributed by atoms with Crippen LogP contribution >= 0.6 is 0 Å². The maximum absolute atomic E-state index is 13.3. The van der Waals surface area contributed by atoms with Crippen LogP contribution in [0.5, 0.6) is 0 Å². The van der Waals surface area contributed by atoms with Crippen LogP contribution < -0.4 is 0 Å². The van der Waals surface area contributed by atoms with E-state index < -0.39 is 5.60 Å². The molecule has 1 amide bonds. The first-order valence-electron chi connectivity index (χ1n) is 8.37. The van der Waals surface area contributed by atoms with Gasteiger partial charge in [0.05, 0.1) is 12.7 Å². The summed E-state index contributed by atoms with van der Waals surface area (Å²) in [7, 11) is 0. The van der Waals surface area contributed by atoms with E-state index in [2.05, 4.69) is 0 Å². The first kappa shape index (κ1) is 15.4. The molecule has 2 saturated heterocycles. The number of nitrogens with zero attached hydrogens (tertiary/aromatic N) is 1. The SMILES string of the molecule is O=C(Cc1cccc(F)c1)N1[C@@H]2CC[C@@H]1CC(O)(c1ccco1)C2. The van der Waals surface area contributed by atoms with Crippen LogP contribution in [0.25, 0.3) is 0 Å². The Bertz CT molecular complexity index is 729. The summed E-state index contributed by atoms with van der Waals surface area (Å²) in [5, 5.41) is 11.0. The molecule has 126 valence electrons. The van der Waals surface area contributed by atoms with Crippen LogP contribution in [0, 0.1) is 5.82 Å². The first-order chi connectivity index (χ1) is 11.5. The second-order valence-corrected chi connectivity index (χ2v) is 6.91. The van der Waals surface area contributed by atoms with Gasteiger partial charge < -0.3 is 14.4 Å². The molecule has 0 radical (unpaired) electrons. The molecule has 2 aromatic rings. The lowest BCUT2D eigenvalue weighted by atomic mass is 9.84. The highest BCUT2D eigenvalue weighted by molar-refractivity contribution is 5.80. The Balaban J connectivity index is 1.51. The molecule has 2 fully saturated rings. The Labute approximate surface area is 139 Å². The highest BCUT2D eigenvalue weighted by atomic mass is 19.1. The minimum absolute atomic E-state index is 0.00888. The summed E-state index contributed by atoms with van der Waals surface area (Å²) in [6, 6.07) is 9.77. The molecule has 3 heterocycles. The van der Waals surface area contributed by atoms with Crippen molar-refractivity contribution < 1.29 is 18.7 Å². The molecule has 0 unspecified atom stereocenters. The van der Waals surface area contributed by atoms with Gasteiger partial charge in [0.2, 0.25) is 5.91 Å². The van der Waals surface area contributed by atoms with Crippen molar-refractivity contribution in [2.24, 2.45) is 0 Å². The van der Waals surface area contributed by atoms with Crippen molar-refractivity contribution in [2.45, 2.75) is 49.8 Å². The van der Waals surface area contributed by atoms with Crippen LogP contribution in [0.4, 0.5) is 4.39 Å². The lowest BCUT2D eigenvalue weighted by Crippen LogP contribution is -2.52. The van der Waals surface area contributed by atoms with Gasteiger partial charge in [-0.2, -0.15) is 0 Å². The van der Waals surface area contributed by atoms with Gasteiger partial charge in [0.15, 0.2) is 0 Å². The summed E-state index contributed by atoms with van der Waals surface area (Å²) in [5.41, 5.74) is -0.309. The number of furan rings is 1. The van der Waals surface area contributed by atoms with Crippen LogP contribution in [0.1, 0.15) is 37.0 Å². The summed E-state index contributed by atoms with van der Waals surface area (Å²) in [5.74, 6) is 0.264. The third-order valence-electron chi connectivity index (χ3n) is 5.28. The second kappa shape index (κ2) is 5.74. The number of carbonyl (C=O) groups excluding carboxylic acids is 1. The molecule has 5 heteroatoms. The Morgan fingerprint density at radius 2 is 2.00 bits per heavy atom. The van der Waals surface area contributed by atoms with Crippen LogP contribution in [0.15, 0.2) is 47.1 Å². The third kappa shape index (κ3) is 2.63. The van der Waals surface area contributed by atoms with Gasteiger partial charge in [-0.25, -0.2) is 4.39 Å². The van der Waals surface area contributed by atoms with E-state index in [0.717, 1.165) is 12.8 Å². The molecule has 4 nitrogen and oxygen atoms in total. The fraction of sp³-hybridized carbons (Fsp3) is 0.421. The zero-order valence-electron chi connectivity index (χ0n) is 13.3. The minimum Gasteiger partial charge on any atom is -0.466 e. The molecule has 1 aromatic heterocycles. The van der Waals surface area contributed by atoms with Gasteiger partial charge in [0, 0.05) is 24.9 Å². The number of amides is 1. The van der Waals surface area contributed by atoms with Crippen molar-refractivity contribution in [3.05, 3.63) is 59.8 Å². The Kier molecular flexibility index (Phi) is 3.68.